The fraction of sp³-hybridized carbons (Fsp3) is 0.650. The van der Waals surface area contributed by atoms with E-state index in [9.17, 15) is 13.2 Å². The average molecular weight is 421 g/mol. The molecule has 0 radical (unpaired) electrons. The number of halogens is 3. The van der Waals surface area contributed by atoms with Crippen LogP contribution >= 0.6 is 0 Å². The van der Waals surface area contributed by atoms with Gasteiger partial charge in [0.2, 0.25) is 0 Å². The van der Waals surface area contributed by atoms with Gasteiger partial charge in [-0.3, -0.25) is 10.1 Å². The van der Waals surface area contributed by atoms with Crippen molar-refractivity contribution in [2.24, 2.45) is 13.0 Å². The number of aryl methyl sites for hydroxylation is 1. The van der Waals surface area contributed by atoms with Crippen molar-refractivity contribution in [1.29, 1.82) is 0 Å². The number of hydrogen-bond donors (Lipinski definition) is 2. The van der Waals surface area contributed by atoms with Crippen LogP contribution in [0.25, 0.3) is 0 Å². The molecule has 5 rings (SSSR count). The Bertz CT molecular complexity index is 904. The lowest BCUT2D eigenvalue weighted by Gasteiger charge is -2.35. The van der Waals surface area contributed by atoms with Crippen molar-refractivity contribution in [3.05, 3.63) is 36.0 Å². The summed E-state index contributed by atoms with van der Waals surface area (Å²) < 4.78 is 44.3. The number of fused-ring (bicyclic) bond motifs is 1. The Balaban J connectivity index is 1.37. The van der Waals surface area contributed by atoms with Crippen LogP contribution in [-0.2, 0) is 7.05 Å². The van der Waals surface area contributed by atoms with E-state index >= 15 is 0 Å². The molecular weight excluding hydrogens is 395 g/mol. The van der Waals surface area contributed by atoms with Crippen molar-refractivity contribution in [2.75, 3.05) is 18.0 Å². The zero-order chi connectivity index (χ0) is 20.9. The first-order chi connectivity index (χ1) is 14.4. The van der Waals surface area contributed by atoms with E-state index in [1.807, 2.05) is 13.2 Å². The lowest BCUT2D eigenvalue weighted by atomic mass is 9.72. The quantitative estimate of drug-likeness (QED) is 0.794. The van der Waals surface area contributed by atoms with Gasteiger partial charge in [-0.1, -0.05) is 0 Å². The summed E-state index contributed by atoms with van der Waals surface area (Å²) in [6.07, 6.45) is 5.52. The van der Waals surface area contributed by atoms with Gasteiger partial charge in [-0.15, -0.1) is 0 Å². The van der Waals surface area contributed by atoms with E-state index in [1.54, 1.807) is 21.8 Å². The number of hydrogen-bond acceptors (Lipinski definition) is 6. The third-order valence-corrected chi connectivity index (χ3v) is 6.67. The molecule has 1 saturated carbocycles. The first-order valence-electron chi connectivity index (χ1n) is 10.5. The van der Waals surface area contributed by atoms with Crippen LogP contribution < -0.4 is 15.8 Å². The average Bonchev–Trinajstić information content (AvgIpc) is 3.32. The van der Waals surface area contributed by atoms with Crippen molar-refractivity contribution >= 4 is 5.82 Å². The van der Waals surface area contributed by atoms with Gasteiger partial charge < -0.3 is 4.90 Å². The van der Waals surface area contributed by atoms with E-state index in [0.29, 0.717) is 31.6 Å². The Labute approximate surface area is 173 Å². The van der Waals surface area contributed by atoms with Crippen LogP contribution in [0.5, 0.6) is 0 Å². The van der Waals surface area contributed by atoms with Gasteiger partial charge in [-0.25, -0.2) is 28.6 Å². The minimum Gasteiger partial charge on any atom is -0.350 e. The standard InChI is InChI=1S/C20H26F3N7/c1-29-9-12(8-26-29)13-5-14-16(6-15(13)21)27-28-19(14)17-7-18(25-11-24-17)30-4-2-3-20(22,23)10-30/h7-9,11,13-16,19,27-28H,2-6,10H2,1H3. The van der Waals surface area contributed by atoms with Crippen LogP contribution in [0.1, 0.15) is 48.9 Å². The SMILES string of the molecule is Cn1cc(C2CC3C(CC2F)NNC3c2cc(N3CCCC(F)(F)C3)ncn2)cn1. The van der Waals surface area contributed by atoms with Crippen LogP contribution in [-0.4, -0.2) is 51.0 Å². The first kappa shape index (κ1) is 19.7. The number of aromatic nitrogens is 4. The van der Waals surface area contributed by atoms with E-state index in [4.69, 9.17) is 0 Å². The number of alkyl halides is 3. The van der Waals surface area contributed by atoms with Crippen LogP contribution in [0.3, 0.4) is 0 Å². The van der Waals surface area contributed by atoms with E-state index < -0.39 is 12.1 Å². The van der Waals surface area contributed by atoms with Crippen LogP contribution in [0.2, 0.25) is 0 Å². The molecule has 2 aliphatic heterocycles. The summed E-state index contributed by atoms with van der Waals surface area (Å²) in [5.41, 5.74) is 8.14. The second-order valence-electron chi connectivity index (χ2n) is 8.76. The van der Waals surface area contributed by atoms with E-state index in [0.717, 1.165) is 11.3 Å². The summed E-state index contributed by atoms with van der Waals surface area (Å²) in [4.78, 5) is 10.3. The van der Waals surface area contributed by atoms with Gasteiger partial charge in [0.25, 0.3) is 5.92 Å². The predicted molar refractivity (Wildman–Crippen MR) is 105 cm³/mol. The number of rotatable bonds is 3. The molecule has 3 aliphatic rings. The van der Waals surface area contributed by atoms with Crippen molar-refractivity contribution < 1.29 is 13.2 Å². The molecule has 0 bridgehead atoms. The van der Waals surface area contributed by atoms with Crippen molar-refractivity contribution in [3.63, 3.8) is 0 Å². The summed E-state index contributed by atoms with van der Waals surface area (Å²) in [5, 5.41) is 4.20. The summed E-state index contributed by atoms with van der Waals surface area (Å²) in [6.45, 7) is 0.236. The number of nitrogens with one attached hydrogen (secondary N) is 2. The van der Waals surface area contributed by atoms with Gasteiger partial charge in [-0.05, 0) is 30.7 Å². The molecule has 0 amide bonds. The van der Waals surface area contributed by atoms with Crippen LogP contribution in [0.4, 0.5) is 19.0 Å². The van der Waals surface area contributed by atoms with Crippen molar-refractivity contribution in [3.8, 4) is 0 Å². The number of hydrazine groups is 1. The Morgan fingerprint density at radius 3 is 2.83 bits per heavy atom. The molecule has 2 N–H and O–H groups in total. The Kier molecular flexibility index (Phi) is 4.93. The predicted octanol–water partition coefficient (Wildman–Crippen LogP) is 2.50. The molecule has 3 fully saturated rings. The molecule has 7 nitrogen and oxygen atoms in total. The van der Waals surface area contributed by atoms with E-state index in [-0.39, 0.29) is 36.9 Å². The van der Waals surface area contributed by atoms with Crippen LogP contribution in [0.15, 0.2) is 24.8 Å². The van der Waals surface area contributed by atoms with Gasteiger partial charge in [-0.2, -0.15) is 5.10 Å². The Hall–Kier alpha value is -2.20. The molecule has 2 saturated heterocycles. The molecule has 5 atom stereocenters. The highest BCUT2D eigenvalue weighted by Gasteiger charge is 2.46. The summed E-state index contributed by atoms with van der Waals surface area (Å²) >= 11 is 0. The normalized spacial score (nSPS) is 33.5. The largest absolute Gasteiger partial charge is 0.350 e. The van der Waals surface area contributed by atoms with Gasteiger partial charge >= 0.3 is 0 Å². The molecule has 5 unspecified atom stereocenters. The third kappa shape index (κ3) is 3.66. The Morgan fingerprint density at radius 2 is 2.07 bits per heavy atom. The molecule has 162 valence electrons. The molecular formula is C20H26F3N7. The van der Waals surface area contributed by atoms with Gasteiger partial charge in [0.1, 0.15) is 18.3 Å². The topological polar surface area (TPSA) is 70.9 Å². The molecule has 4 heterocycles. The highest BCUT2D eigenvalue weighted by molar-refractivity contribution is 5.41. The lowest BCUT2D eigenvalue weighted by Crippen LogP contribution is -2.43. The second kappa shape index (κ2) is 7.49. The number of anilines is 1. The minimum absolute atomic E-state index is 0.00402. The second-order valence-corrected chi connectivity index (χ2v) is 8.76. The highest BCUT2D eigenvalue weighted by Crippen LogP contribution is 2.45. The number of piperidine rings is 1. The maximum Gasteiger partial charge on any atom is 0.265 e. The van der Waals surface area contributed by atoms with E-state index in [2.05, 4.69) is 25.9 Å². The molecule has 30 heavy (non-hydrogen) atoms. The Morgan fingerprint density at radius 1 is 1.20 bits per heavy atom. The summed E-state index contributed by atoms with van der Waals surface area (Å²) in [6, 6.07) is 1.66. The van der Waals surface area contributed by atoms with Crippen molar-refractivity contribution in [2.45, 2.75) is 55.8 Å². The van der Waals surface area contributed by atoms with Gasteiger partial charge in [0.15, 0.2) is 0 Å². The number of nitrogens with zero attached hydrogens (tertiary/aromatic N) is 5. The lowest BCUT2D eigenvalue weighted by molar-refractivity contribution is -0.0118. The fourth-order valence-electron chi connectivity index (χ4n) is 5.16. The third-order valence-electron chi connectivity index (χ3n) is 6.67. The first-order valence-corrected chi connectivity index (χ1v) is 10.5. The van der Waals surface area contributed by atoms with Crippen LogP contribution in [0, 0.1) is 5.92 Å². The van der Waals surface area contributed by atoms with Gasteiger partial charge in [0, 0.05) is 44.2 Å². The van der Waals surface area contributed by atoms with Gasteiger partial charge in [0.05, 0.1) is 24.5 Å². The zero-order valence-electron chi connectivity index (χ0n) is 16.8. The van der Waals surface area contributed by atoms with Crippen molar-refractivity contribution in [1.82, 2.24) is 30.6 Å². The molecule has 0 spiro atoms. The monoisotopic (exact) mass is 421 g/mol. The molecule has 10 heteroatoms. The minimum atomic E-state index is -2.70. The molecule has 0 aromatic carbocycles. The molecule has 2 aromatic rings. The fourth-order valence-corrected chi connectivity index (χ4v) is 5.16. The van der Waals surface area contributed by atoms with E-state index in [1.165, 1.54) is 6.33 Å². The maximum absolute atomic E-state index is 14.9. The molecule has 1 aliphatic carbocycles. The summed E-state index contributed by atoms with van der Waals surface area (Å²) in [5.74, 6) is -2.26. The maximum atomic E-state index is 14.9. The zero-order valence-corrected chi connectivity index (χ0v) is 16.8. The molecule has 2 aromatic heterocycles. The summed E-state index contributed by atoms with van der Waals surface area (Å²) in [7, 11) is 1.83. The highest BCUT2D eigenvalue weighted by atomic mass is 19.3. The smallest absolute Gasteiger partial charge is 0.265 e.